The van der Waals surface area contributed by atoms with Crippen molar-refractivity contribution in [2.24, 2.45) is 0 Å². The number of rotatable bonds is 2. The Morgan fingerprint density at radius 2 is 2.06 bits per heavy atom. The van der Waals surface area contributed by atoms with Gasteiger partial charge in [-0.3, -0.25) is 4.79 Å². The largest absolute Gasteiger partial charge is 0.397 e. The lowest BCUT2D eigenvalue weighted by atomic mass is 10.1. The maximum Gasteiger partial charge on any atom is 0.258 e. The van der Waals surface area contributed by atoms with Crippen LogP contribution in [-0.2, 0) is 0 Å². The van der Waals surface area contributed by atoms with E-state index in [0.29, 0.717) is 10.8 Å². The quantitative estimate of drug-likeness (QED) is 0.655. The number of nitrogens with one attached hydrogen (secondary N) is 1. The molecular formula is C11H8Cl2N4O. The first-order valence-corrected chi connectivity index (χ1v) is 5.67. The summed E-state index contributed by atoms with van der Waals surface area (Å²) in [7, 11) is 0. The number of amides is 1. The molecule has 0 aliphatic carbocycles. The summed E-state index contributed by atoms with van der Waals surface area (Å²) in [5, 5.41) is 2.92. The molecule has 0 radical (unpaired) electrons. The molecule has 0 spiro atoms. The van der Waals surface area contributed by atoms with Crippen molar-refractivity contribution >= 4 is 40.6 Å². The molecule has 0 atom stereocenters. The summed E-state index contributed by atoms with van der Waals surface area (Å²) in [6.07, 6.45) is 1.44. The molecule has 0 unspecified atom stereocenters. The monoisotopic (exact) mass is 282 g/mol. The van der Waals surface area contributed by atoms with E-state index in [1.807, 2.05) is 0 Å². The van der Waals surface area contributed by atoms with Crippen LogP contribution in [0.1, 0.15) is 10.4 Å². The number of carbonyl (C=O) groups is 1. The first kappa shape index (κ1) is 12.6. The standard InChI is InChI=1S/C11H8Cl2N4O/c12-7-3-1-2-6(9(7)14)10(18)16-8-4-5-15-11(13)17-8/h1-5H,14H2,(H,15,16,17,18). The van der Waals surface area contributed by atoms with Gasteiger partial charge < -0.3 is 11.1 Å². The maximum absolute atomic E-state index is 11.9. The fraction of sp³-hybridized carbons (Fsp3) is 0. The van der Waals surface area contributed by atoms with Crippen LogP contribution in [0.15, 0.2) is 30.5 Å². The molecule has 5 nitrogen and oxygen atoms in total. The van der Waals surface area contributed by atoms with Gasteiger partial charge in [0.05, 0.1) is 16.3 Å². The molecule has 0 bridgehead atoms. The van der Waals surface area contributed by atoms with Gasteiger partial charge in [0.15, 0.2) is 0 Å². The summed E-state index contributed by atoms with van der Waals surface area (Å²) >= 11 is 11.4. The van der Waals surface area contributed by atoms with E-state index >= 15 is 0 Å². The van der Waals surface area contributed by atoms with Crippen molar-refractivity contribution in [1.82, 2.24) is 9.97 Å². The average Bonchev–Trinajstić information content (AvgIpc) is 2.32. The highest BCUT2D eigenvalue weighted by molar-refractivity contribution is 6.34. The molecule has 7 heteroatoms. The van der Waals surface area contributed by atoms with E-state index in [2.05, 4.69) is 15.3 Å². The molecule has 2 aromatic rings. The number of para-hydroxylation sites is 1. The second-order valence-corrected chi connectivity index (χ2v) is 4.11. The Hall–Kier alpha value is -1.85. The smallest absolute Gasteiger partial charge is 0.258 e. The fourth-order valence-corrected chi connectivity index (χ4v) is 1.65. The summed E-state index contributed by atoms with van der Waals surface area (Å²) < 4.78 is 0. The van der Waals surface area contributed by atoms with Crippen LogP contribution in [0, 0.1) is 0 Å². The lowest BCUT2D eigenvalue weighted by Crippen LogP contribution is -2.15. The Balaban J connectivity index is 2.25. The topological polar surface area (TPSA) is 80.9 Å². The number of nitrogen functional groups attached to an aromatic ring is 1. The molecule has 1 aromatic carbocycles. The minimum Gasteiger partial charge on any atom is -0.397 e. The summed E-state index contributed by atoms with van der Waals surface area (Å²) in [4.78, 5) is 19.5. The van der Waals surface area contributed by atoms with Crippen LogP contribution < -0.4 is 11.1 Å². The molecule has 1 amide bonds. The van der Waals surface area contributed by atoms with Gasteiger partial charge in [-0.25, -0.2) is 9.97 Å². The Morgan fingerprint density at radius 1 is 1.28 bits per heavy atom. The Kier molecular flexibility index (Phi) is 3.64. The van der Waals surface area contributed by atoms with Crippen molar-refractivity contribution in [2.45, 2.75) is 0 Å². The fourth-order valence-electron chi connectivity index (χ4n) is 1.32. The van der Waals surface area contributed by atoms with Gasteiger partial charge >= 0.3 is 0 Å². The third kappa shape index (κ3) is 2.69. The van der Waals surface area contributed by atoms with Crippen LogP contribution >= 0.6 is 23.2 Å². The zero-order valence-electron chi connectivity index (χ0n) is 9.02. The van der Waals surface area contributed by atoms with Crippen LogP contribution in [0.25, 0.3) is 0 Å². The highest BCUT2D eigenvalue weighted by Crippen LogP contribution is 2.23. The summed E-state index contributed by atoms with van der Waals surface area (Å²) in [5.41, 5.74) is 6.21. The predicted octanol–water partition coefficient (Wildman–Crippen LogP) is 2.62. The molecule has 0 saturated carbocycles. The van der Waals surface area contributed by atoms with E-state index in [1.54, 1.807) is 18.2 Å². The molecule has 0 aliphatic rings. The predicted molar refractivity (Wildman–Crippen MR) is 70.9 cm³/mol. The van der Waals surface area contributed by atoms with Crippen LogP contribution in [-0.4, -0.2) is 15.9 Å². The Labute approximate surface area is 113 Å². The van der Waals surface area contributed by atoms with Crippen molar-refractivity contribution in [3.8, 4) is 0 Å². The van der Waals surface area contributed by atoms with Crippen LogP contribution in [0.5, 0.6) is 0 Å². The summed E-state index contributed by atoms with van der Waals surface area (Å²) in [6.45, 7) is 0. The molecular weight excluding hydrogens is 275 g/mol. The zero-order valence-corrected chi connectivity index (χ0v) is 10.5. The van der Waals surface area contributed by atoms with Crippen molar-refractivity contribution in [1.29, 1.82) is 0 Å². The molecule has 0 fully saturated rings. The first-order valence-electron chi connectivity index (χ1n) is 4.92. The molecule has 1 aromatic heterocycles. The highest BCUT2D eigenvalue weighted by atomic mass is 35.5. The normalized spacial score (nSPS) is 10.1. The summed E-state index contributed by atoms with van der Waals surface area (Å²) in [6, 6.07) is 6.33. The molecule has 0 saturated heterocycles. The number of carbonyl (C=O) groups excluding carboxylic acids is 1. The number of benzene rings is 1. The lowest BCUT2D eigenvalue weighted by Gasteiger charge is -2.07. The van der Waals surface area contributed by atoms with Gasteiger partial charge in [0.2, 0.25) is 5.28 Å². The molecule has 18 heavy (non-hydrogen) atoms. The minimum atomic E-state index is -0.412. The number of anilines is 2. The van der Waals surface area contributed by atoms with Gasteiger partial charge in [-0.05, 0) is 29.8 Å². The second-order valence-electron chi connectivity index (χ2n) is 3.37. The van der Waals surface area contributed by atoms with Gasteiger partial charge in [-0.15, -0.1) is 0 Å². The van der Waals surface area contributed by atoms with Crippen molar-refractivity contribution in [3.05, 3.63) is 46.3 Å². The second kappa shape index (κ2) is 5.20. The molecule has 92 valence electrons. The molecule has 0 aliphatic heterocycles. The SMILES string of the molecule is Nc1c(Cl)cccc1C(=O)Nc1ccnc(Cl)n1. The van der Waals surface area contributed by atoms with E-state index in [-0.39, 0.29) is 16.5 Å². The Morgan fingerprint density at radius 3 is 2.78 bits per heavy atom. The van der Waals surface area contributed by atoms with Crippen LogP contribution in [0.3, 0.4) is 0 Å². The third-order valence-electron chi connectivity index (χ3n) is 2.17. The minimum absolute atomic E-state index is 0.0480. The van der Waals surface area contributed by atoms with Gasteiger partial charge in [0, 0.05) is 6.20 Å². The van der Waals surface area contributed by atoms with Crippen molar-refractivity contribution in [3.63, 3.8) is 0 Å². The summed E-state index contributed by atoms with van der Waals surface area (Å²) in [5.74, 6) is -0.121. The van der Waals surface area contributed by atoms with Gasteiger partial charge in [-0.1, -0.05) is 17.7 Å². The van der Waals surface area contributed by atoms with E-state index in [9.17, 15) is 4.79 Å². The number of nitrogens with two attached hydrogens (primary N) is 1. The first-order chi connectivity index (χ1) is 8.58. The molecule has 2 rings (SSSR count). The van der Waals surface area contributed by atoms with E-state index < -0.39 is 5.91 Å². The van der Waals surface area contributed by atoms with E-state index in [1.165, 1.54) is 12.3 Å². The molecule has 1 heterocycles. The molecule has 3 N–H and O–H groups in total. The number of halogens is 2. The average molecular weight is 283 g/mol. The van der Waals surface area contributed by atoms with Gasteiger partial charge in [0.25, 0.3) is 5.91 Å². The van der Waals surface area contributed by atoms with Gasteiger partial charge in [-0.2, -0.15) is 0 Å². The van der Waals surface area contributed by atoms with Crippen molar-refractivity contribution in [2.75, 3.05) is 11.1 Å². The zero-order chi connectivity index (χ0) is 13.1. The lowest BCUT2D eigenvalue weighted by molar-refractivity contribution is 0.102. The van der Waals surface area contributed by atoms with Crippen LogP contribution in [0.4, 0.5) is 11.5 Å². The van der Waals surface area contributed by atoms with E-state index in [4.69, 9.17) is 28.9 Å². The van der Waals surface area contributed by atoms with Gasteiger partial charge in [0.1, 0.15) is 5.82 Å². The number of hydrogen-bond acceptors (Lipinski definition) is 4. The van der Waals surface area contributed by atoms with E-state index in [0.717, 1.165) is 0 Å². The van der Waals surface area contributed by atoms with Crippen molar-refractivity contribution < 1.29 is 4.79 Å². The number of aromatic nitrogens is 2. The van der Waals surface area contributed by atoms with Crippen LogP contribution in [0.2, 0.25) is 10.3 Å². The third-order valence-corrected chi connectivity index (χ3v) is 2.68. The Bertz CT molecular complexity index is 603. The number of nitrogens with zero attached hydrogens (tertiary/aromatic N) is 2. The highest BCUT2D eigenvalue weighted by Gasteiger charge is 2.12. The maximum atomic E-state index is 11.9. The number of hydrogen-bond donors (Lipinski definition) is 2.